The van der Waals surface area contributed by atoms with Gasteiger partial charge in [0, 0.05) is 6.04 Å². The minimum Gasteiger partial charge on any atom is -0.271 e. The van der Waals surface area contributed by atoms with Gasteiger partial charge in [0.25, 0.3) is 0 Å². The van der Waals surface area contributed by atoms with Crippen LogP contribution < -0.4 is 11.3 Å². The molecule has 3 atom stereocenters. The molecule has 0 aliphatic heterocycles. The third-order valence-electron chi connectivity index (χ3n) is 2.95. The van der Waals surface area contributed by atoms with Gasteiger partial charge in [-0.2, -0.15) is 0 Å². The van der Waals surface area contributed by atoms with Gasteiger partial charge in [-0.1, -0.05) is 25.0 Å². The predicted molar refractivity (Wildman–Crippen MR) is 57.0 cm³/mol. The van der Waals surface area contributed by atoms with E-state index in [1.54, 1.807) is 0 Å². The second-order valence-electron chi connectivity index (χ2n) is 4.61. The van der Waals surface area contributed by atoms with E-state index in [1.165, 1.54) is 24.8 Å². The number of hydrogen-bond donors (Lipinski definition) is 2. The van der Waals surface area contributed by atoms with E-state index in [2.05, 4.69) is 32.3 Å². The van der Waals surface area contributed by atoms with Crippen LogP contribution in [-0.4, -0.2) is 6.04 Å². The van der Waals surface area contributed by atoms with Crippen LogP contribution in [0.1, 0.15) is 40.0 Å². The van der Waals surface area contributed by atoms with Crippen molar-refractivity contribution in [3.63, 3.8) is 0 Å². The van der Waals surface area contributed by atoms with Gasteiger partial charge in [-0.05, 0) is 38.5 Å². The van der Waals surface area contributed by atoms with Crippen LogP contribution in [0.25, 0.3) is 0 Å². The summed E-state index contributed by atoms with van der Waals surface area (Å²) in [5.41, 5.74) is 4.27. The van der Waals surface area contributed by atoms with Gasteiger partial charge in [0.05, 0.1) is 0 Å². The fourth-order valence-corrected chi connectivity index (χ4v) is 2.26. The minimum atomic E-state index is 0.384. The summed E-state index contributed by atoms with van der Waals surface area (Å²) in [6.45, 7) is 6.58. The number of allylic oxidation sites excluding steroid dienone is 1. The molecule has 2 heteroatoms. The minimum absolute atomic E-state index is 0.384. The first-order chi connectivity index (χ1) is 6.13. The normalized spacial score (nSPS) is 30.2. The summed E-state index contributed by atoms with van der Waals surface area (Å²) in [5, 5.41) is 0. The van der Waals surface area contributed by atoms with Crippen LogP contribution in [0, 0.1) is 11.8 Å². The Hall–Kier alpha value is -0.340. The second kappa shape index (κ2) is 4.77. The van der Waals surface area contributed by atoms with E-state index >= 15 is 0 Å². The molecule has 0 aromatic carbocycles. The van der Waals surface area contributed by atoms with Gasteiger partial charge in [0.15, 0.2) is 0 Å². The summed E-state index contributed by atoms with van der Waals surface area (Å²) >= 11 is 0. The topological polar surface area (TPSA) is 38.0 Å². The van der Waals surface area contributed by atoms with Crippen molar-refractivity contribution < 1.29 is 0 Å². The Morgan fingerprint density at radius 3 is 2.54 bits per heavy atom. The van der Waals surface area contributed by atoms with Crippen LogP contribution in [-0.2, 0) is 0 Å². The number of hydrazine groups is 1. The van der Waals surface area contributed by atoms with E-state index < -0.39 is 0 Å². The van der Waals surface area contributed by atoms with Crippen molar-refractivity contribution in [1.29, 1.82) is 0 Å². The third-order valence-corrected chi connectivity index (χ3v) is 2.95. The van der Waals surface area contributed by atoms with Crippen LogP contribution in [0.5, 0.6) is 0 Å². The number of hydrogen-bond acceptors (Lipinski definition) is 2. The van der Waals surface area contributed by atoms with E-state index in [9.17, 15) is 0 Å². The maximum Gasteiger partial charge on any atom is 0.0421 e. The molecular weight excluding hydrogens is 160 g/mol. The molecule has 0 aromatic heterocycles. The fourth-order valence-electron chi connectivity index (χ4n) is 2.26. The lowest BCUT2D eigenvalue weighted by Crippen LogP contribution is -2.38. The lowest BCUT2D eigenvalue weighted by Gasteiger charge is -2.19. The van der Waals surface area contributed by atoms with Crippen LogP contribution in [0.3, 0.4) is 0 Å². The van der Waals surface area contributed by atoms with E-state index in [4.69, 9.17) is 5.84 Å². The maximum absolute atomic E-state index is 5.55. The number of nitrogens with one attached hydrogen (secondary N) is 1. The Morgan fingerprint density at radius 2 is 2.15 bits per heavy atom. The van der Waals surface area contributed by atoms with Gasteiger partial charge in [-0.25, -0.2) is 0 Å². The molecule has 13 heavy (non-hydrogen) atoms. The molecule has 1 saturated carbocycles. The number of nitrogens with two attached hydrogens (primary N) is 1. The van der Waals surface area contributed by atoms with Crippen LogP contribution in [0.2, 0.25) is 0 Å². The SMILES string of the molecule is CC(C)=CC(NN)C1CCC(C)C1. The zero-order valence-corrected chi connectivity index (χ0v) is 9.01. The summed E-state index contributed by atoms with van der Waals surface area (Å²) in [4.78, 5) is 0. The molecule has 76 valence electrons. The Bertz CT molecular complexity index is 183. The molecule has 3 N–H and O–H groups in total. The first-order valence-electron chi connectivity index (χ1n) is 5.24. The van der Waals surface area contributed by atoms with Crippen molar-refractivity contribution in [1.82, 2.24) is 5.43 Å². The summed E-state index contributed by atoms with van der Waals surface area (Å²) in [6.07, 6.45) is 6.25. The molecular formula is C11H22N2. The summed E-state index contributed by atoms with van der Waals surface area (Å²) < 4.78 is 0. The monoisotopic (exact) mass is 182 g/mol. The van der Waals surface area contributed by atoms with Crippen molar-refractivity contribution in [2.24, 2.45) is 17.7 Å². The summed E-state index contributed by atoms with van der Waals surface area (Å²) in [6, 6.07) is 0.384. The highest BCUT2D eigenvalue weighted by atomic mass is 15.2. The highest BCUT2D eigenvalue weighted by Crippen LogP contribution is 2.33. The van der Waals surface area contributed by atoms with Crippen molar-refractivity contribution in [3.05, 3.63) is 11.6 Å². The molecule has 0 heterocycles. The van der Waals surface area contributed by atoms with E-state index in [-0.39, 0.29) is 0 Å². The lowest BCUT2D eigenvalue weighted by atomic mass is 9.96. The van der Waals surface area contributed by atoms with Crippen LogP contribution >= 0.6 is 0 Å². The van der Waals surface area contributed by atoms with Crippen molar-refractivity contribution in [2.45, 2.75) is 46.1 Å². The zero-order valence-electron chi connectivity index (χ0n) is 9.01. The molecule has 2 nitrogen and oxygen atoms in total. The van der Waals surface area contributed by atoms with Crippen molar-refractivity contribution >= 4 is 0 Å². The Labute approximate surface area is 81.6 Å². The van der Waals surface area contributed by atoms with Gasteiger partial charge in [-0.15, -0.1) is 0 Å². The second-order valence-corrected chi connectivity index (χ2v) is 4.61. The van der Waals surface area contributed by atoms with Crippen LogP contribution in [0.15, 0.2) is 11.6 Å². The molecule has 0 bridgehead atoms. The largest absolute Gasteiger partial charge is 0.271 e. The highest BCUT2D eigenvalue weighted by Gasteiger charge is 2.26. The molecule has 0 aromatic rings. The van der Waals surface area contributed by atoms with E-state index in [0.717, 1.165) is 11.8 Å². The van der Waals surface area contributed by atoms with Gasteiger partial charge >= 0.3 is 0 Å². The quantitative estimate of drug-likeness (QED) is 0.399. The maximum atomic E-state index is 5.55. The molecule has 0 saturated heterocycles. The van der Waals surface area contributed by atoms with E-state index in [1.807, 2.05) is 0 Å². The van der Waals surface area contributed by atoms with E-state index in [0.29, 0.717) is 6.04 Å². The first kappa shape index (κ1) is 10.7. The molecule has 1 fully saturated rings. The molecule has 0 amide bonds. The molecule has 1 aliphatic carbocycles. The van der Waals surface area contributed by atoms with Gasteiger partial charge in [-0.3, -0.25) is 11.3 Å². The molecule has 0 spiro atoms. The smallest absolute Gasteiger partial charge is 0.0421 e. The third kappa shape index (κ3) is 3.12. The molecule has 1 aliphatic rings. The predicted octanol–water partition coefficient (Wildman–Crippen LogP) is 2.22. The molecule has 3 unspecified atom stereocenters. The molecule has 1 rings (SSSR count). The Balaban J connectivity index is 2.52. The van der Waals surface area contributed by atoms with Gasteiger partial charge in [0.1, 0.15) is 0 Å². The van der Waals surface area contributed by atoms with Crippen LogP contribution in [0.4, 0.5) is 0 Å². The lowest BCUT2D eigenvalue weighted by molar-refractivity contribution is 0.407. The fraction of sp³-hybridized carbons (Fsp3) is 0.818. The summed E-state index contributed by atoms with van der Waals surface area (Å²) in [7, 11) is 0. The standard InChI is InChI=1S/C11H22N2/c1-8(2)6-11(13-12)10-5-4-9(3)7-10/h6,9-11,13H,4-5,7,12H2,1-3H3. The molecule has 0 radical (unpaired) electrons. The van der Waals surface area contributed by atoms with Crippen molar-refractivity contribution in [2.75, 3.05) is 0 Å². The Morgan fingerprint density at radius 1 is 1.46 bits per heavy atom. The summed E-state index contributed by atoms with van der Waals surface area (Å²) in [5.74, 6) is 7.18. The van der Waals surface area contributed by atoms with Gasteiger partial charge in [0.2, 0.25) is 0 Å². The average molecular weight is 182 g/mol. The Kier molecular flexibility index (Phi) is 3.94. The first-order valence-corrected chi connectivity index (χ1v) is 5.24. The number of rotatable bonds is 3. The zero-order chi connectivity index (χ0) is 9.84. The van der Waals surface area contributed by atoms with Gasteiger partial charge < -0.3 is 0 Å². The van der Waals surface area contributed by atoms with Crippen molar-refractivity contribution in [3.8, 4) is 0 Å². The highest BCUT2D eigenvalue weighted by molar-refractivity contribution is 5.03. The average Bonchev–Trinajstić information content (AvgIpc) is 2.47.